The minimum atomic E-state index is -4.30. The Labute approximate surface area is 275 Å². The maximum absolute atomic E-state index is 12.8. The molecule has 0 aliphatic carbocycles. The van der Waals surface area contributed by atoms with E-state index in [1.165, 1.54) is 0 Å². The molecule has 2 aromatic heterocycles. The maximum atomic E-state index is 12.8. The van der Waals surface area contributed by atoms with Crippen LogP contribution in [0, 0.1) is 6.92 Å². The summed E-state index contributed by atoms with van der Waals surface area (Å²) in [6.07, 6.45) is 7.14. The average Bonchev–Trinajstić information content (AvgIpc) is 3.59. The predicted molar refractivity (Wildman–Crippen MR) is 176 cm³/mol. The molecule has 0 radical (unpaired) electrons. The molecule has 4 heterocycles. The highest BCUT2D eigenvalue weighted by molar-refractivity contribution is 7.89. The average molecular weight is 706 g/mol. The summed E-state index contributed by atoms with van der Waals surface area (Å²) < 4.78 is 63.0. The van der Waals surface area contributed by atoms with Crippen molar-refractivity contribution in [3.63, 3.8) is 0 Å². The first kappa shape index (κ1) is 39.8. The Bertz CT molecular complexity index is 1570. The molecule has 2 fully saturated rings. The molecule has 17 nitrogen and oxygen atoms in total. The van der Waals surface area contributed by atoms with Crippen molar-refractivity contribution >= 4 is 43.7 Å². The second-order valence-electron chi connectivity index (χ2n) is 12.0. The van der Waals surface area contributed by atoms with E-state index in [1.54, 1.807) is 15.9 Å². The second kappa shape index (κ2) is 17.2. The van der Waals surface area contributed by atoms with Gasteiger partial charge in [-0.05, 0) is 39.8 Å². The fourth-order valence-corrected chi connectivity index (χ4v) is 6.63. The number of amides is 2. The molecule has 19 heteroatoms. The lowest BCUT2D eigenvalue weighted by molar-refractivity contribution is -0.125. The number of likely N-dealkylation sites (N-methyl/N-ethyl adjacent to an activating group) is 1. The SMILES string of the molecule is Cc1cc(NC2CCN(C(=O)O[C@H]3CCN(C(=O)/C=C/CN(C)C)C3)CC2)n2ncc(C(C)C)c2n1.O.O=S(=O)(O)CCS(=O)(=O)O. The number of carbonyl (C=O) groups excluding carboxylic acids is 2. The third kappa shape index (κ3) is 13.0. The molecule has 2 aliphatic rings. The Morgan fingerprint density at radius 3 is 2.21 bits per heavy atom. The van der Waals surface area contributed by atoms with Crippen molar-refractivity contribution in [2.24, 2.45) is 0 Å². The summed E-state index contributed by atoms with van der Waals surface area (Å²) in [5.41, 5.74) is 2.98. The number of piperidine rings is 1. The molecule has 0 spiro atoms. The minimum absolute atomic E-state index is 0. The van der Waals surface area contributed by atoms with E-state index >= 15 is 0 Å². The maximum Gasteiger partial charge on any atom is 0.410 e. The molecule has 2 aliphatic heterocycles. The molecule has 2 amide bonds. The van der Waals surface area contributed by atoms with Gasteiger partial charge >= 0.3 is 6.09 Å². The van der Waals surface area contributed by atoms with Gasteiger partial charge in [0.05, 0.1) is 24.2 Å². The van der Waals surface area contributed by atoms with Gasteiger partial charge in [0.1, 0.15) is 11.9 Å². The number of anilines is 1. The van der Waals surface area contributed by atoms with Crippen LogP contribution in [-0.4, -0.2) is 143 Å². The lowest BCUT2D eigenvalue weighted by atomic mass is 10.1. The van der Waals surface area contributed by atoms with Crippen molar-refractivity contribution in [2.45, 2.75) is 58.1 Å². The first-order valence-corrected chi connectivity index (χ1v) is 18.2. The summed E-state index contributed by atoms with van der Waals surface area (Å²) in [7, 11) is -4.68. The van der Waals surface area contributed by atoms with Crippen molar-refractivity contribution in [3.8, 4) is 0 Å². The number of hydrogen-bond donors (Lipinski definition) is 3. The highest BCUT2D eigenvalue weighted by Gasteiger charge is 2.31. The van der Waals surface area contributed by atoms with Crippen LogP contribution in [0.5, 0.6) is 0 Å². The van der Waals surface area contributed by atoms with Crippen LogP contribution in [0.4, 0.5) is 10.6 Å². The largest absolute Gasteiger partial charge is 0.444 e. The van der Waals surface area contributed by atoms with Crippen LogP contribution >= 0.6 is 0 Å². The Hall–Kier alpha value is -3.36. The summed E-state index contributed by atoms with van der Waals surface area (Å²) >= 11 is 0. The van der Waals surface area contributed by atoms with Gasteiger partial charge in [0.2, 0.25) is 5.91 Å². The van der Waals surface area contributed by atoms with Gasteiger partial charge in [-0.3, -0.25) is 13.9 Å². The van der Waals surface area contributed by atoms with Crippen LogP contribution in [0.15, 0.2) is 24.4 Å². The lowest BCUT2D eigenvalue weighted by Crippen LogP contribution is -2.44. The molecule has 0 unspecified atom stereocenters. The van der Waals surface area contributed by atoms with Gasteiger partial charge in [0.15, 0.2) is 5.65 Å². The summed E-state index contributed by atoms with van der Waals surface area (Å²) in [4.78, 5) is 35.3. The fourth-order valence-electron chi connectivity index (χ4n) is 4.95. The highest BCUT2D eigenvalue weighted by atomic mass is 32.2. The predicted octanol–water partition coefficient (Wildman–Crippen LogP) is 0.830. The van der Waals surface area contributed by atoms with Crippen LogP contribution in [-0.2, 0) is 29.8 Å². The van der Waals surface area contributed by atoms with Crippen molar-refractivity contribution in [1.82, 2.24) is 29.3 Å². The quantitative estimate of drug-likeness (QED) is 0.230. The van der Waals surface area contributed by atoms with Crippen molar-refractivity contribution in [1.29, 1.82) is 0 Å². The summed E-state index contributed by atoms with van der Waals surface area (Å²) in [6, 6.07) is 2.26. The second-order valence-corrected chi connectivity index (χ2v) is 15.1. The third-order valence-corrected chi connectivity index (χ3v) is 9.11. The number of likely N-dealkylation sites (tertiary alicyclic amines) is 2. The van der Waals surface area contributed by atoms with E-state index in [1.807, 2.05) is 48.8 Å². The number of nitrogens with one attached hydrogen (secondary N) is 1. The van der Waals surface area contributed by atoms with Gasteiger partial charge < -0.3 is 30.2 Å². The summed E-state index contributed by atoms with van der Waals surface area (Å²) in [6.45, 7) is 9.33. The molecule has 0 bridgehead atoms. The molecule has 2 aromatic rings. The van der Waals surface area contributed by atoms with Crippen LogP contribution in [0.25, 0.3) is 5.65 Å². The number of aromatic nitrogens is 3. The summed E-state index contributed by atoms with van der Waals surface area (Å²) in [5, 5.41) is 8.18. The number of hydrogen-bond acceptors (Lipinski definition) is 11. The zero-order valence-corrected chi connectivity index (χ0v) is 29.0. The topological polar surface area (TPSA) is 236 Å². The number of fused-ring (bicyclic) bond motifs is 1. The first-order chi connectivity index (χ1) is 21.4. The number of rotatable bonds is 10. The summed E-state index contributed by atoms with van der Waals surface area (Å²) in [5.74, 6) is -0.706. The monoisotopic (exact) mass is 705 g/mol. The van der Waals surface area contributed by atoms with Crippen molar-refractivity contribution in [3.05, 3.63) is 35.7 Å². The molecule has 4 rings (SSSR count). The number of carbonyl (C=O) groups is 2. The Morgan fingerprint density at radius 1 is 1.06 bits per heavy atom. The zero-order chi connectivity index (χ0) is 34.2. The Kier molecular flexibility index (Phi) is 14.5. The van der Waals surface area contributed by atoms with Crippen LogP contribution in [0.1, 0.15) is 50.3 Å². The van der Waals surface area contributed by atoms with E-state index in [2.05, 4.69) is 24.3 Å². The number of ether oxygens (including phenoxy) is 1. The molecule has 2 saturated heterocycles. The molecule has 0 aromatic carbocycles. The van der Waals surface area contributed by atoms with Crippen LogP contribution in [0.3, 0.4) is 0 Å². The van der Waals surface area contributed by atoms with E-state index < -0.39 is 31.7 Å². The molecule has 0 saturated carbocycles. The Balaban J connectivity index is 0.000000606. The van der Waals surface area contributed by atoms with Gasteiger partial charge in [-0.25, -0.2) is 9.78 Å². The first-order valence-electron chi connectivity index (χ1n) is 15.0. The smallest absolute Gasteiger partial charge is 0.410 e. The molecular weight excluding hydrogens is 658 g/mol. The lowest BCUT2D eigenvalue weighted by Gasteiger charge is -2.33. The molecule has 1 atom stereocenters. The zero-order valence-electron chi connectivity index (χ0n) is 27.4. The van der Waals surface area contributed by atoms with E-state index in [9.17, 15) is 26.4 Å². The Morgan fingerprint density at radius 2 is 1.66 bits per heavy atom. The van der Waals surface area contributed by atoms with E-state index in [0.717, 1.165) is 42.1 Å². The van der Waals surface area contributed by atoms with Crippen LogP contribution < -0.4 is 5.32 Å². The van der Waals surface area contributed by atoms with E-state index in [0.29, 0.717) is 38.5 Å². The molecule has 5 N–H and O–H groups in total. The minimum Gasteiger partial charge on any atom is -0.444 e. The fraction of sp³-hybridized carbons (Fsp3) is 0.643. The van der Waals surface area contributed by atoms with Crippen molar-refractivity contribution < 1.29 is 45.7 Å². The number of aryl methyl sites for hydroxylation is 1. The third-order valence-electron chi connectivity index (χ3n) is 7.41. The van der Waals surface area contributed by atoms with Gasteiger partial charge in [-0.15, -0.1) is 0 Å². The molecular formula is C28H47N7O10S2. The standard InChI is InChI=1S/C26H39N7O3.C2H6O6S2.H2O/c1-18(2)22-16-27-33-23(15-19(3)28-25(22)33)29-20-8-12-31(13-9-20)26(35)36-21-10-14-32(17-21)24(34)7-6-11-30(4)5;3-9(4,5)1-2-10(6,7)8;/h6-7,15-16,18,20-21,29H,8-14,17H2,1-5H3;1-2H2,(H,3,4,5)(H,6,7,8);1H2/b7-6+;;/t21-;;/m0../s1. The highest BCUT2D eigenvalue weighted by Crippen LogP contribution is 2.24. The molecule has 47 heavy (non-hydrogen) atoms. The van der Waals surface area contributed by atoms with E-state index in [4.69, 9.17) is 18.8 Å². The molecule has 266 valence electrons. The van der Waals surface area contributed by atoms with Gasteiger partial charge in [-0.1, -0.05) is 19.9 Å². The van der Waals surface area contributed by atoms with E-state index in [-0.39, 0.29) is 29.6 Å². The number of nitrogens with zero attached hydrogens (tertiary/aromatic N) is 6. The van der Waals surface area contributed by atoms with Crippen molar-refractivity contribution in [2.75, 3.05) is 63.6 Å². The van der Waals surface area contributed by atoms with Gasteiger partial charge in [0, 0.05) is 62.0 Å². The van der Waals surface area contributed by atoms with Gasteiger partial charge in [0.25, 0.3) is 20.2 Å². The van der Waals surface area contributed by atoms with Crippen LogP contribution in [0.2, 0.25) is 0 Å². The van der Waals surface area contributed by atoms with Gasteiger partial charge in [-0.2, -0.15) is 26.4 Å². The normalized spacial score (nSPS) is 17.6.